The van der Waals surface area contributed by atoms with Crippen molar-refractivity contribution in [1.82, 2.24) is 15.6 Å². The maximum Gasteiger partial charge on any atom is 0.234 e. The van der Waals surface area contributed by atoms with E-state index in [1.807, 2.05) is 6.92 Å². The monoisotopic (exact) mass is 297 g/mol. The number of ether oxygens (including phenoxy) is 1. The van der Waals surface area contributed by atoms with Gasteiger partial charge in [0.2, 0.25) is 5.91 Å². The highest BCUT2D eigenvalue weighted by Crippen LogP contribution is 2.39. The third-order valence-electron chi connectivity index (χ3n) is 3.63. The summed E-state index contributed by atoms with van der Waals surface area (Å²) < 4.78 is 4.95. The van der Waals surface area contributed by atoms with Gasteiger partial charge in [-0.05, 0) is 19.8 Å². The molecule has 1 aromatic heterocycles. The fourth-order valence-corrected chi connectivity index (χ4v) is 3.64. The summed E-state index contributed by atoms with van der Waals surface area (Å²) in [5.74, 6) is 0.0378. The predicted octanol–water partition coefficient (Wildman–Crippen LogP) is 1.57. The lowest BCUT2D eigenvalue weighted by atomic mass is 9.98. The normalized spacial score (nSPS) is 17.3. The molecule has 0 radical (unpaired) electrons. The molecular formula is C14H23N3O2S. The molecule has 1 aromatic rings. The van der Waals surface area contributed by atoms with Crippen LogP contribution in [0, 0.1) is 6.92 Å². The van der Waals surface area contributed by atoms with Gasteiger partial charge in [-0.25, -0.2) is 4.98 Å². The number of nitrogens with zero attached hydrogens (tertiary/aromatic N) is 1. The Bertz CT molecular complexity index is 441. The summed E-state index contributed by atoms with van der Waals surface area (Å²) in [5, 5.41) is 9.39. The van der Waals surface area contributed by atoms with Crippen LogP contribution in [0.1, 0.15) is 36.4 Å². The average Bonchev–Trinajstić information content (AvgIpc) is 3.05. The fraction of sp³-hybridized carbons (Fsp3) is 0.714. The Hall–Kier alpha value is -0.980. The molecule has 112 valence electrons. The Labute approximate surface area is 124 Å². The van der Waals surface area contributed by atoms with Crippen molar-refractivity contribution in [3.8, 4) is 0 Å². The standard InChI is InChI=1S/C14H23N3O2S/c1-11-10-20-13(16-11)14(5-3-4-6-14)17-12(18)9-15-7-8-19-2/h10,15H,3-9H2,1-2H3,(H,17,18). The molecule has 0 aromatic carbocycles. The van der Waals surface area contributed by atoms with Gasteiger partial charge in [0, 0.05) is 24.7 Å². The number of hydrogen-bond donors (Lipinski definition) is 2. The van der Waals surface area contributed by atoms with Crippen molar-refractivity contribution >= 4 is 17.2 Å². The minimum absolute atomic E-state index is 0.0378. The van der Waals surface area contributed by atoms with Crippen LogP contribution in [-0.4, -0.2) is 37.7 Å². The second kappa shape index (κ2) is 7.15. The number of rotatable bonds is 7. The van der Waals surface area contributed by atoms with Gasteiger partial charge in [0.15, 0.2) is 0 Å². The van der Waals surface area contributed by atoms with Crippen molar-refractivity contribution in [1.29, 1.82) is 0 Å². The summed E-state index contributed by atoms with van der Waals surface area (Å²) in [7, 11) is 1.65. The van der Waals surface area contributed by atoms with Crippen molar-refractivity contribution in [2.45, 2.75) is 38.1 Å². The van der Waals surface area contributed by atoms with E-state index in [0.29, 0.717) is 19.7 Å². The number of hydrogen-bond acceptors (Lipinski definition) is 5. The first-order chi connectivity index (χ1) is 9.66. The largest absolute Gasteiger partial charge is 0.383 e. The van der Waals surface area contributed by atoms with Gasteiger partial charge in [0.25, 0.3) is 0 Å². The second-order valence-electron chi connectivity index (χ2n) is 5.30. The molecule has 1 aliphatic carbocycles. The Morgan fingerprint density at radius 2 is 2.25 bits per heavy atom. The molecule has 2 rings (SSSR count). The van der Waals surface area contributed by atoms with Crippen LogP contribution in [0.5, 0.6) is 0 Å². The van der Waals surface area contributed by atoms with E-state index in [2.05, 4.69) is 21.0 Å². The average molecular weight is 297 g/mol. The van der Waals surface area contributed by atoms with Crippen LogP contribution in [-0.2, 0) is 15.1 Å². The zero-order valence-electron chi connectivity index (χ0n) is 12.2. The van der Waals surface area contributed by atoms with Crippen molar-refractivity contribution in [2.75, 3.05) is 26.8 Å². The summed E-state index contributed by atoms with van der Waals surface area (Å²) in [6.07, 6.45) is 4.28. The molecule has 0 saturated heterocycles. The van der Waals surface area contributed by atoms with E-state index in [1.54, 1.807) is 18.4 Å². The predicted molar refractivity (Wildman–Crippen MR) is 79.9 cm³/mol. The van der Waals surface area contributed by atoms with Gasteiger partial charge in [0.1, 0.15) is 5.01 Å². The molecule has 0 atom stereocenters. The number of methoxy groups -OCH3 is 1. The summed E-state index contributed by atoms with van der Waals surface area (Å²) in [5.41, 5.74) is 0.794. The van der Waals surface area contributed by atoms with Crippen LogP contribution in [0.4, 0.5) is 0 Å². The highest BCUT2D eigenvalue weighted by molar-refractivity contribution is 7.09. The van der Waals surface area contributed by atoms with Crippen molar-refractivity contribution < 1.29 is 9.53 Å². The molecule has 0 aliphatic heterocycles. The molecule has 1 amide bonds. The third kappa shape index (κ3) is 3.77. The lowest BCUT2D eigenvalue weighted by Crippen LogP contribution is -2.47. The Morgan fingerprint density at radius 3 is 2.85 bits per heavy atom. The van der Waals surface area contributed by atoms with E-state index in [-0.39, 0.29) is 11.4 Å². The van der Waals surface area contributed by atoms with Crippen LogP contribution in [0.15, 0.2) is 5.38 Å². The van der Waals surface area contributed by atoms with E-state index in [4.69, 9.17) is 4.74 Å². The lowest BCUT2D eigenvalue weighted by Gasteiger charge is -2.28. The summed E-state index contributed by atoms with van der Waals surface area (Å²) in [4.78, 5) is 16.7. The van der Waals surface area contributed by atoms with Gasteiger partial charge >= 0.3 is 0 Å². The van der Waals surface area contributed by atoms with Gasteiger partial charge in [0.05, 0.1) is 18.7 Å². The highest BCUT2D eigenvalue weighted by Gasteiger charge is 2.39. The summed E-state index contributed by atoms with van der Waals surface area (Å²) >= 11 is 1.65. The van der Waals surface area contributed by atoms with Crippen molar-refractivity contribution in [3.05, 3.63) is 16.1 Å². The van der Waals surface area contributed by atoms with E-state index >= 15 is 0 Å². The van der Waals surface area contributed by atoms with Gasteiger partial charge in [-0.3, -0.25) is 4.79 Å². The first kappa shape index (κ1) is 15.4. The molecule has 2 N–H and O–H groups in total. The maximum absolute atomic E-state index is 12.1. The molecule has 0 unspecified atom stereocenters. The number of nitrogens with one attached hydrogen (secondary N) is 2. The molecule has 1 aliphatic rings. The number of thiazole rings is 1. The van der Waals surface area contributed by atoms with Crippen LogP contribution in [0.25, 0.3) is 0 Å². The van der Waals surface area contributed by atoms with Gasteiger partial charge in [-0.1, -0.05) is 12.8 Å². The maximum atomic E-state index is 12.1. The zero-order valence-corrected chi connectivity index (χ0v) is 13.0. The summed E-state index contributed by atoms with van der Waals surface area (Å²) in [6.45, 7) is 3.63. The van der Waals surface area contributed by atoms with Crippen molar-refractivity contribution in [2.24, 2.45) is 0 Å². The van der Waals surface area contributed by atoms with Gasteiger partial charge < -0.3 is 15.4 Å². The Morgan fingerprint density at radius 1 is 1.50 bits per heavy atom. The molecule has 1 heterocycles. The van der Waals surface area contributed by atoms with Crippen molar-refractivity contribution in [3.63, 3.8) is 0 Å². The van der Waals surface area contributed by atoms with E-state index in [9.17, 15) is 4.79 Å². The van der Waals surface area contributed by atoms with Crippen LogP contribution < -0.4 is 10.6 Å². The fourth-order valence-electron chi connectivity index (χ4n) is 2.63. The number of amides is 1. The quantitative estimate of drug-likeness (QED) is 0.750. The topological polar surface area (TPSA) is 63.2 Å². The molecule has 6 heteroatoms. The first-order valence-corrected chi connectivity index (χ1v) is 7.97. The molecule has 0 spiro atoms. The number of aryl methyl sites for hydroxylation is 1. The Kier molecular flexibility index (Phi) is 5.51. The molecule has 0 bridgehead atoms. The molecule has 1 saturated carbocycles. The number of carbonyl (C=O) groups is 1. The minimum Gasteiger partial charge on any atom is -0.383 e. The molecule has 20 heavy (non-hydrogen) atoms. The van der Waals surface area contributed by atoms with Crippen LogP contribution in [0.2, 0.25) is 0 Å². The van der Waals surface area contributed by atoms with Crippen LogP contribution >= 0.6 is 11.3 Å². The number of aromatic nitrogens is 1. The highest BCUT2D eigenvalue weighted by atomic mass is 32.1. The molecule has 5 nitrogen and oxygen atoms in total. The van der Waals surface area contributed by atoms with Gasteiger partial charge in [-0.2, -0.15) is 0 Å². The Balaban J connectivity index is 1.94. The second-order valence-corrected chi connectivity index (χ2v) is 6.16. The SMILES string of the molecule is COCCNCC(=O)NC1(c2nc(C)cs2)CCCC1. The zero-order chi connectivity index (χ0) is 14.4. The van der Waals surface area contributed by atoms with Gasteiger partial charge in [-0.15, -0.1) is 11.3 Å². The number of carbonyl (C=O) groups excluding carboxylic acids is 1. The smallest absolute Gasteiger partial charge is 0.234 e. The van der Waals surface area contributed by atoms with E-state index in [0.717, 1.165) is 36.4 Å². The summed E-state index contributed by atoms with van der Waals surface area (Å²) in [6, 6.07) is 0. The van der Waals surface area contributed by atoms with Crippen LogP contribution in [0.3, 0.4) is 0 Å². The first-order valence-electron chi connectivity index (χ1n) is 7.09. The third-order valence-corrected chi connectivity index (χ3v) is 4.80. The van der Waals surface area contributed by atoms with E-state index in [1.165, 1.54) is 0 Å². The van der Waals surface area contributed by atoms with E-state index < -0.39 is 0 Å². The minimum atomic E-state index is -0.237. The molecule has 1 fully saturated rings. The lowest BCUT2D eigenvalue weighted by molar-refractivity contribution is -0.122. The molecular weight excluding hydrogens is 274 g/mol.